The Morgan fingerprint density at radius 3 is 2.94 bits per heavy atom. The summed E-state index contributed by atoms with van der Waals surface area (Å²) >= 11 is 0. The number of hydrogen-bond donors (Lipinski definition) is 2. The molecule has 0 radical (unpaired) electrons. The van der Waals surface area contributed by atoms with Gasteiger partial charge in [-0.2, -0.15) is 0 Å². The minimum absolute atomic E-state index is 0.121. The molecule has 0 aromatic heterocycles. The van der Waals surface area contributed by atoms with E-state index in [1.807, 2.05) is 0 Å². The summed E-state index contributed by atoms with van der Waals surface area (Å²) in [4.78, 5) is 11.3. The van der Waals surface area contributed by atoms with Crippen LogP contribution in [0.5, 0.6) is 0 Å². The van der Waals surface area contributed by atoms with Crippen molar-refractivity contribution < 1.29 is 13.9 Å². The molecule has 1 rings (SSSR count). The first-order chi connectivity index (χ1) is 7.63. The van der Waals surface area contributed by atoms with E-state index in [0.29, 0.717) is 13.2 Å². The fraction of sp³-hybridized carbons (Fsp3) is 0.364. The van der Waals surface area contributed by atoms with E-state index < -0.39 is 11.7 Å². The van der Waals surface area contributed by atoms with Crippen LogP contribution in [0.3, 0.4) is 0 Å². The average Bonchev–Trinajstić information content (AvgIpc) is 2.23. The van der Waals surface area contributed by atoms with Crippen LogP contribution in [-0.2, 0) is 9.53 Å². The average molecular weight is 226 g/mol. The number of nitrogens with one attached hydrogen (secondary N) is 1. The molecule has 0 aliphatic rings. The summed E-state index contributed by atoms with van der Waals surface area (Å²) < 4.78 is 18.2. The second-order valence-corrected chi connectivity index (χ2v) is 3.37. The molecule has 0 spiro atoms. The predicted molar refractivity (Wildman–Crippen MR) is 59.6 cm³/mol. The lowest BCUT2D eigenvalue weighted by Crippen LogP contribution is -2.21. The number of benzene rings is 1. The smallest absolute Gasteiger partial charge is 0.250 e. The van der Waals surface area contributed by atoms with Gasteiger partial charge in [0.2, 0.25) is 5.91 Å². The molecule has 0 saturated carbocycles. The number of ether oxygens (including phenoxy) is 1. The van der Waals surface area contributed by atoms with E-state index in [4.69, 9.17) is 10.5 Å². The largest absolute Gasteiger partial charge is 0.370 e. The minimum atomic E-state index is -0.452. The molecule has 88 valence electrons. The lowest BCUT2D eigenvalue weighted by molar-refractivity contribution is -0.120. The van der Waals surface area contributed by atoms with Gasteiger partial charge in [0.1, 0.15) is 12.4 Å². The van der Waals surface area contributed by atoms with Crippen LogP contribution in [-0.4, -0.2) is 25.7 Å². The van der Waals surface area contributed by atoms with E-state index in [2.05, 4.69) is 5.32 Å². The number of anilines is 1. The Morgan fingerprint density at radius 1 is 1.56 bits per heavy atom. The maximum Gasteiger partial charge on any atom is 0.250 e. The summed E-state index contributed by atoms with van der Waals surface area (Å²) in [6.07, 6.45) is 0. The van der Waals surface area contributed by atoms with E-state index in [1.54, 1.807) is 13.0 Å². The summed E-state index contributed by atoms with van der Waals surface area (Å²) in [5.41, 5.74) is 6.15. The van der Waals surface area contributed by atoms with Crippen molar-refractivity contribution in [2.75, 3.05) is 25.1 Å². The first kappa shape index (κ1) is 12.6. The van der Waals surface area contributed by atoms with Gasteiger partial charge in [0.15, 0.2) is 0 Å². The molecule has 0 atom stereocenters. The second-order valence-electron chi connectivity index (χ2n) is 3.37. The number of carbonyl (C=O) groups is 1. The zero-order valence-electron chi connectivity index (χ0n) is 9.13. The number of carbonyl (C=O) groups excluding carboxylic acids is 1. The Balaban J connectivity index is 2.49. The molecule has 0 fully saturated rings. The molecule has 3 N–H and O–H groups in total. The number of aryl methyl sites for hydroxylation is 1. The van der Waals surface area contributed by atoms with Crippen LogP contribution in [0.15, 0.2) is 18.2 Å². The molecule has 0 bridgehead atoms. The zero-order valence-corrected chi connectivity index (χ0v) is 9.13. The Hall–Kier alpha value is -1.46. The van der Waals surface area contributed by atoms with Crippen molar-refractivity contribution in [2.45, 2.75) is 6.92 Å². The van der Waals surface area contributed by atoms with Gasteiger partial charge in [-0.3, -0.25) is 4.79 Å². The van der Waals surface area contributed by atoms with E-state index in [1.165, 1.54) is 12.1 Å². The van der Waals surface area contributed by atoms with Crippen molar-refractivity contribution in [1.82, 2.24) is 0 Å². The van der Waals surface area contributed by atoms with Crippen LogP contribution in [0.25, 0.3) is 0 Å². The summed E-state index contributed by atoms with van der Waals surface area (Å²) in [7, 11) is 0. The first-order valence-electron chi connectivity index (χ1n) is 4.97. The fourth-order valence-electron chi connectivity index (χ4n) is 1.16. The summed E-state index contributed by atoms with van der Waals surface area (Å²) in [5, 5.41) is 2.42. The lowest BCUT2D eigenvalue weighted by Gasteiger charge is -2.07. The van der Waals surface area contributed by atoms with Crippen molar-refractivity contribution >= 4 is 11.6 Å². The number of nitrogens with two attached hydrogens (primary N) is 1. The first-order valence-corrected chi connectivity index (χ1v) is 4.97. The maximum atomic E-state index is 13.3. The van der Waals surface area contributed by atoms with Crippen LogP contribution in [0.4, 0.5) is 10.1 Å². The monoisotopic (exact) mass is 226 g/mol. The van der Waals surface area contributed by atoms with Gasteiger partial charge >= 0.3 is 0 Å². The number of amides is 1. The highest BCUT2D eigenvalue weighted by atomic mass is 19.1. The molecule has 5 heteroatoms. The van der Waals surface area contributed by atoms with Gasteiger partial charge in [0, 0.05) is 6.54 Å². The standard InChI is InChI=1S/C11H15FN2O2/c1-8-2-3-10(9(12)6-8)14-11(15)7-16-5-4-13/h2-3,6H,4-5,7,13H2,1H3,(H,14,15). The van der Waals surface area contributed by atoms with Crippen LogP contribution in [0.2, 0.25) is 0 Å². The van der Waals surface area contributed by atoms with Crippen molar-refractivity contribution in [3.05, 3.63) is 29.6 Å². The molecule has 1 aromatic carbocycles. The normalized spacial score (nSPS) is 10.2. The molecule has 1 aromatic rings. The van der Waals surface area contributed by atoms with Crippen LogP contribution in [0.1, 0.15) is 5.56 Å². The molecule has 1 amide bonds. The second kappa shape index (κ2) is 6.19. The summed E-state index contributed by atoms with van der Waals surface area (Å²) in [6.45, 7) is 2.32. The molecule has 0 saturated heterocycles. The third-order valence-corrected chi connectivity index (χ3v) is 1.89. The molecule has 4 nitrogen and oxygen atoms in total. The number of hydrogen-bond acceptors (Lipinski definition) is 3. The molecular weight excluding hydrogens is 211 g/mol. The van der Waals surface area contributed by atoms with Crippen molar-refractivity contribution in [3.8, 4) is 0 Å². The Kier molecular flexibility index (Phi) is 4.88. The maximum absolute atomic E-state index is 13.3. The van der Waals surface area contributed by atoms with Crippen molar-refractivity contribution in [1.29, 1.82) is 0 Å². The summed E-state index contributed by atoms with van der Waals surface area (Å²) in [5.74, 6) is -0.844. The Labute approximate surface area is 93.6 Å². The number of halogens is 1. The van der Waals surface area contributed by atoms with E-state index in [9.17, 15) is 9.18 Å². The molecular formula is C11H15FN2O2. The van der Waals surface area contributed by atoms with Gasteiger partial charge in [0.05, 0.1) is 12.3 Å². The highest BCUT2D eigenvalue weighted by Crippen LogP contribution is 2.14. The molecule has 0 aliphatic heterocycles. The highest BCUT2D eigenvalue weighted by Gasteiger charge is 2.06. The third-order valence-electron chi connectivity index (χ3n) is 1.89. The van der Waals surface area contributed by atoms with Gasteiger partial charge in [0.25, 0.3) is 0 Å². The van der Waals surface area contributed by atoms with Gasteiger partial charge in [-0.25, -0.2) is 4.39 Å². The predicted octanol–water partition coefficient (Wildman–Crippen LogP) is 1.05. The Morgan fingerprint density at radius 2 is 2.31 bits per heavy atom. The Bertz CT molecular complexity index is 369. The van der Waals surface area contributed by atoms with Crippen LogP contribution < -0.4 is 11.1 Å². The topological polar surface area (TPSA) is 64.3 Å². The fourth-order valence-corrected chi connectivity index (χ4v) is 1.16. The van der Waals surface area contributed by atoms with Gasteiger partial charge in [-0.15, -0.1) is 0 Å². The van der Waals surface area contributed by atoms with E-state index in [-0.39, 0.29) is 12.3 Å². The highest BCUT2D eigenvalue weighted by molar-refractivity contribution is 5.91. The molecule has 0 unspecified atom stereocenters. The van der Waals surface area contributed by atoms with Gasteiger partial charge in [-0.05, 0) is 24.6 Å². The lowest BCUT2D eigenvalue weighted by atomic mass is 10.2. The SMILES string of the molecule is Cc1ccc(NC(=O)COCCN)c(F)c1. The van der Waals surface area contributed by atoms with Crippen LogP contribution >= 0.6 is 0 Å². The minimum Gasteiger partial charge on any atom is -0.370 e. The van der Waals surface area contributed by atoms with Crippen LogP contribution in [0, 0.1) is 12.7 Å². The summed E-state index contributed by atoms with van der Waals surface area (Å²) in [6, 6.07) is 4.60. The van der Waals surface area contributed by atoms with Gasteiger partial charge < -0.3 is 15.8 Å². The molecule has 16 heavy (non-hydrogen) atoms. The quantitative estimate of drug-likeness (QED) is 0.737. The van der Waals surface area contributed by atoms with Crippen molar-refractivity contribution in [3.63, 3.8) is 0 Å². The van der Waals surface area contributed by atoms with Crippen molar-refractivity contribution in [2.24, 2.45) is 5.73 Å². The van der Waals surface area contributed by atoms with Gasteiger partial charge in [-0.1, -0.05) is 6.07 Å². The number of rotatable bonds is 5. The van der Waals surface area contributed by atoms with E-state index >= 15 is 0 Å². The zero-order chi connectivity index (χ0) is 12.0. The third kappa shape index (κ3) is 3.96. The van der Waals surface area contributed by atoms with E-state index in [0.717, 1.165) is 5.56 Å². The molecule has 0 heterocycles. The molecule has 0 aliphatic carbocycles.